The summed E-state index contributed by atoms with van der Waals surface area (Å²) in [4.78, 5) is 16.4. The van der Waals surface area contributed by atoms with Crippen LogP contribution in [-0.2, 0) is 6.54 Å². The smallest absolute Gasteiger partial charge is 0.224 e. The fourth-order valence-electron chi connectivity index (χ4n) is 1.28. The van der Waals surface area contributed by atoms with E-state index in [2.05, 4.69) is 25.3 Å². The lowest BCUT2D eigenvalue weighted by Crippen LogP contribution is -2.06. The molecule has 88 valence electrons. The van der Waals surface area contributed by atoms with Crippen molar-refractivity contribution in [2.75, 3.05) is 5.32 Å². The largest absolute Gasteiger partial charge is 0.364 e. The molecule has 6 heteroatoms. The monoisotopic (exact) mass is 249 g/mol. The third-order valence-corrected chi connectivity index (χ3v) is 2.40. The van der Waals surface area contributed by atoms with Crippen LogP contribution in [0.1, 0.15) is 17.0 Å². The Bertz CT molecular complexity index is 512. The molecule has 0 spiro atoms. The summed E-state index contributed by atoms with van der Waals surface area (Å²) in [7, 11) is 0. The third-order valence-electron chi connectivity index (χ3n) is 2.21. The van der Waals surface area contributed by atoms with Crippen molar-refractivity contribution >= 4 is 17.4 Å². The van der Waals surface area contributed by atoms with Crippen LogP contribution in [0.5, 0.6) is 0 Å². The van der Waals surface area contributed by atoms with Gasteiger partial charge in [0.2, 0.25) is 5.28 Å². The van der Waals surface area contributed by atoms with Crippen molar-refractivity contribution in [3.63, 3.8) is 0 Å². The average molecular weight is 250 g/mol. The van der Waals surface area contributed by atoms with Gasteiger partial charge in [0.15, 0.2) is 0 Å². The molecule has 0 unspecified atom stereocenters. The highest BCUT2D eigenvalue weighted by Gasteiger charge is 2.02. The molecule has 1 N–H and O–H groups in total. The van der Waals surface area contributed by atoms with Gasteiger partial charge >= 0.3 is 0 Å². The second-order valence-corrected chi connectivity index (χ2v) is 4.01. The lowest BCUT2D eigenvalue weighted by atomic mass is 10.3. The van der Waals surface area contributed by atoms with Crippen LogP contribution in [0.3, 0.4) is 0 Å². The molecule has 0 amide bonds. The second-order valence-electron chi connectivity index (χ2n) is 3.67. The Kier molecular flexibility index (Phi) is 3.49. The Balaban J connectivity index is 2.07. The Hall–Kier alpha value is -1.75. The molecule has 0 fully saturated rings. The number of hydrogen-bond donors (Lipinski definition) is 1. The zero-order valence-electron chi connectivity index (χ0n) is 9.61. The van der Waals surface area contributed by atoms with Gasteiger partial charge in [-0.15, -0.1) is 0 Å². The molecule has 17 heavy (non-hydrogen) atoms. The second kappa shape index (κ2) is 5.05. The number of anilines is 1. The maximum atomic E-state index is 5.73. The molecule has 2 aromatic heterocycles. The van der Waals surface area contributed by atoms with E-state index in [1.165, 1.54) is 0 Å². The van der Waals surface area contributed by atoms with Crippen molar-refractivity contribution in [2.45, 2.75) is 20.4 Å². The van der Waals surface area contributed by atoms with Crippen LogP contribution in [0.4, 0.5) is 5.82 Å². The summed E-state index contributed by atoms with van der Waals surface area (Å²) in [6.45, 7) is 4.37. The van der Waals surface area contributed by atoms with E-state index in [0.29, 0.717) is 12.4 Å². The van der Waals surface area contributed by atoms with Gasteiger partial charge in [-0.25, -0.2) is 9.97 Å². The molecule has 0 saturated carbocycles. The van der Waals surface area contributed by atoms with Gasteiger partial charge in [0.1, 0.15) is 5.82 Å². The number of aryl methyl sites for hydroxylation is 2. The quantitative estimate of drug-likeness (QED) is 0.845. The fraction of sp³-hybridized carbons (Fsp3) is 0.273. The van der Waals surface area contributed by atoms with E-state index in [0.717, 1.165) is 17.0 Å². The SMILES string of the molecule is Cc1cnc(CNc2nc(Cl)ncc2C)cn1. The lowest BCUT2D eigenvalue weighted by Gasteiger charge is -2.07. The zero-order valence-corrected chi connectivity index (χ0v) is 10.4. The summed E-state index contributed by atoms with van der Waals surface area (Å²) in [5, 5.41) is 3.38. The first-order valence-electron chi connectivity index (χ1n) is 5.15. The first-order chi connectivity index (χ1) is 8.15. The lowest BCUT2D eigenvalue weighted by molar-refractivity contribution is 0.968. The molecule has 0 bridgehead atoms. The van der Waals surface area contributed by atoms with Crippen LogP contribution in [0, 0.1) is 13.8 Å². The molecule has 0 atom stereocenters. The van der Waals surface area contributed by atoms with Gasteiger partial charge in [-0.05, 0) is 25.4 Å². The molecule has 2 aromatic rings. The van der Waals surface area contributed by atoms with Gasteiger partial charge in [-0.1, -0.05) is 0 Å². The van der Waals surface area contributed by atoms with Crippen molar-refractivity contribution in [3.05, 3.63) is 40.8 Å². The normalized spacial score (nSPS) is 10.3. The molecule has 2 rings (SSSR count). The highest BCUT2D eigenvalue weighted by Crippen LogP contribution is 2.13. The summed E-state index contributed by atoms with van der Waals surface area (Å²) in [5.74, 6) is 0.715. The number of hydrogen-bond acceptors (Lipinski definition) is 5. The van der Waals surface area contributed by atoms with Gasteiger partial charge in [-0.2, -0.15) is 0 Å². The van der Waals surface area contributed by atoms with E-state index in [4.69, 9.17) is 11.6 Å². The highest BCUT2D eigenvalue weighted by molar-refractivity contribution is 6.28. The summed E-state index contributed by atoms with van der Waals surface area (Å²) in [6, 6.07) is 0. The standard InChI is InChI=1S/C11H12ClN5/c1-7-3-16-11(12)17-10(7)15-6-9-5-13-8(2)4-14-9/h3-5H,6H2,1-2H3,(H,15,16,17). The van der Waals surface area contributed by atoms with Crippen molar-refractivity contribution in [1.29, 1.82) is 0 Å². The van der Waals surface area contributed by atoms with Gasteiger partial charge in [0.05, 0.1) is 24.1 Å². The Morgan fingerprint density at radius 3 is 2.65 bits per heavy atom. The molecule has 5 nitrogen and oxygen atoms in total. The molecule has 0 saturated heterocycles. The van der Waals surface area contributed by atoms with Crippen molar-refractivity contribution in [3.8, 4) is 0 Å². The topological polar surface area (TPSA) is 63.6 Å². The van der Waals surface area contributed by atoms with Crippen LogP contribution in [0.25, 0.3) is 0 Å². The minimum absolute atomic E-state index is 0.230. The summed E-state index contributed by atoms with van der Waals surface area (Å²) < 4.78 is 0. The molecule has 0 aromatic carbocycles. The number of halogens is 1. The van der Waals surface area contributed by atoms with Gasteiger partial charge in [0.25, 0.3) is 0 Å². The third kappa shape index (κ3) is 3.10. The van der Waals surface area contributed by atoms with Crippen LogP contribution in [-0.4, -0.2) is 19.9 Å². The Labute approximate surface area is 104 Å². The summed E-state index contributed by atoms with van der Waals surface area (Å²) >= 11 is 5.73. The highest BCUT2D eigenvalue weighted by atomic mass is 35.5. The number of nitrogens with one attached hydrogen (secondary N) is 1. The maximum Gasteiger partial charge on any atom is 0.224 e. The van der Waals surface area contributed by atoms with Crippen LogP contribution >= 0.6 is 11.6 Å². The molecular formula is C11H12ClN5. The van der Waals surface area contributed by atoms with E-state index >= 15 is 0 Å². The van der Waals surface area contributed by atoms with E-state index < -0.39 is 0 Å². The Morgan fingerprint density at radius 2 is 1.94 bits per heavy atom. The van der Waals surface area contributed by atoms with E-state index in [1.54, 1.807) is 18.6 Å². The van der Waals surface area contributed by atoms with Crippen molar-refractivity contribution in [2.24, 2.45) is 0 Å². The zero-order chi connectivity index (χ0) is 12.3. The van der Waals surface area contributed by atoms with Gasteiger partial charge in [0, 0.05) is 18.0 Å². The van der Waals surface area contributed by atoms with Crippen molar-refractivity contribution in [1.82, 2.24) is 19.9 Å². The van der Waals surface area contributed by atoms with Gasteiger partial charge < -0.3 is 5.32 Å². The number of rotatable bonds is 3. The van der Waals surface area contributed by atoms with Gasteiger partial charge in [-0.3, -0.25) is 9.97 Å². The predicted molar refractivity (Wildman–Crippen MR) is 65.9 cm³/mol. The van der Waals surface area contributed by atoms with Crippen LogP contribution < -0.4 is 5.32 Å². The number of aromatic nitrogens is 4. The molecule has 2 heterocycles. The molecule has 0 aliphatic carbocycles. The minimum Gasteiger partial charge on any atom is -0.364 e. The summed E-state index contributed by atoms with van der Waals surface area (Å²) in [5.41, 5.74) is 2.69. The van der Waals surface area contributed by atoms with Crippen molar-refractivity contribution < 1.29 is 0 Å². The predicted octanol–water partition coefficient (Wildman–Crippen LogP) is 2.15. The number of nitrogens with zero attached hydrogens (tertiary/aromatic N) is 4. The molecule has 0 aliphatic heterocycles. The van der Waals surface area contributed by atoms with E-state index in [-0.39, 0.29) is 5.28 Å². The molecule has 0 aliphatic rings. The molecular weight excluding hydrogens is 238 g/mol. The average Bonchev–Trinajstić information content (AvgIpc) is 2.32. The van der Waals surface area contributed by atoms with E-state index in [9.17, 15) is 0 Å². The van der Waals surface area contributed by atoms with E-state index in [1.807, 2.05) is 13.8 Å². The summed E-state index contributed by atoms with van der Waals surface area (Å²) in [6.07, 6.45) is 5.15. The maximum absolute atomic E-state index is 5.73. The first-order valence-corrected chi connectivity index (χ1v) is 5.53. The van der Waals surface area contributed by atoms with Crippen LogP contribution in [0.15, 0.2) is 18.6 Å². The van der Waals surface area contributed by atoms with Crippen LogP contribution in [0.2, 0.25) is 5.28 Å². The minimum atomic E-state index is 0.230. The fourth-order valence-corrected chi connectivity index (χ4v) is 1.42. The Morgan fingerprint density at radius 1 is 1.12 bits per heavy atom. The first kappa shape index (κ1) is 11.7. The molecule has 0 radical (unpaired) electrons.